The van der Waals surface area contributed by atoms with Gasteiger partial charge in [-0.25, -0.2) is 4.79 Å². The lowest BCUT2D eigenvalue weighted by Gasteiger charge is -2.15. The molecule has 0 atom stereocenters. The fourth-order valence-corrected chi connectivity index (χ4v) is 5.25. The van der Waals surface area contributed by atoms with Gasteiger partial charge in [-0.1, -0.05) is 19.6 Å². The Kier molecular flexibility index (Phi) is 2.63. The fourth-order valence-electron chi connectivity index (χ4n) is 1.74. The first-order chi connectivity index (χ1) is 7.39. The van der Waals surface area contributed by atoms with Crippen LogP contribution < -0.4 is 5.19 Å². The van der Waals surface area contributed by atoms with Gasteiger partial charge < -0.3 is 5.11 Å². The molecule has 0 bridgehead atoms. The summed E-state index contributed by atoms with van der Waals surface area (Å²) < 4.78 is 1.18. The summed E-state index contributed by atoms with van der Waals surface area (Å²) >= 11 is 1.70. The van der Waals surface area contributed by atoms with E-state index in [1.165, 1.54) is 9.89 Å². The second kappa shape index (κ2) is 3.71. The molecule has 0 amide bonds. The first-order valence-corrected chi connectivity index (χ1v) is 9.52. The largest absolute Gasteiger partial charge is 0.478 e. The van der Waals surface area contributed by atoms with Gasteiger partial charge in [0.25, 0.3) is 0 Å². The van der Waals surface area contributed by atoms with Crippen LogP contribution in [0, 0.1) is 0 Å². The van der Waals surface area contributed by atoms with Crippen molar-refractivity contribution in [3.05, 3.63) is 29.1 Å². The monoisotopic (exact) mass is 250 g/mol. The zero-order valence-corrected chi connectivity index (χ0v) is 11.4. The van der Waals surface area contributed by atoms with Crippen LogP contribution >= 0.6 is 11.3 Å². The fraction of sp³-hybridized carbons (Fsp3) is 0.250. The van der Waals surface area contributed by atoms with E-state index in [9.17, 15) is 4.79 Å². The molecule has 4 heteroatoms. The predicted molar refractivity (Wildman–Crippen MR) is 71.8 cm³/mol. The molecule has 0 unspecified atom stereocenters. The van der Waals surface area contributed by atoms with Crippen molar-refractivity contribution in [2.75, 3.05) is 0 Å². The number of fused-ring (bicyclic) bond motifs is 1. The minimum absolute atomic E-state index is 0.380. The smallest absolute Gasteiger partial charge is 0.335 e. The lowest BCUT2D eigenvalue weighted by molar-refractivity contribution is 0.0697. The molecule has 1 N–H and O–H groups in total. The normalized spacial score (nSPS) is 11.9. The first-order valence-electron chi connectivity index (χ1n) is 5.14. The summed E-state index contributed by atoms with van der Waals surface area (Å²) in [5, 5.41) is 13.7. The van der Waals surface area contributed by atoms with Crippen molar-refractivity contribution in [1.82, 2.24) is 0 Å². The van der Waals surface area contributed by atoms with Crippen molar-refractivity contribution in [1.29, 1.82) is 0 Å². The van der Waals surface area contributed by atoms with Crippen LogP contribution in [0.2, 0.25) is 19.6 Å². The Balaban J connectivity index is 2.70. The Hall–Kier alpha value is -1.13. The van der Waals surface area contributed by atoms with Crippen molar-refractivity contribution >= 4 is 40.7 Å². The van der Waals surface area contributed by atoms with Crippen molar-refractivity contribution < 1.29 is 9.90 Å². The molecule has 1 aromatic carbocycles. The molecule has 0 saturated heterocycles. The zero-order valence-electron chi connectivity index (χ0n) is 9.57. The van der Waals surface area contributed by atoms with Crippen LogP contribution in [0.15, 0.2) is 23.6 Å². The summed E-state index contributed by atoms with van der Waals surface area (Å²) in [5.41, 5.74) is 0.380. The summed E-state index contributed by atoms with van der Waals surface area (Å²) in [6.07, 6.45) is 0. The van der Waals surface area contributed by atoms with E-state index in [-0.39, 0.29) is 0 Å². The standard InChI is InChI=1S/C12H14O2SSi/c1-16(2,3)11-7-15-10-5-4-8(12(13)14)6-9(10)11/h4-7H,1-3H3,(H,13,14). The van der Waals surface area contributed by atoms with Gasteiger partial charge in [0.1, 0.15) is 0 Å². The molecule has 0 radical (unpaired) electrons. The molecule has 0 aliphatic carbocycles. The maximum absolute atomic E-state index is 10.9. The summed E-state index contributed by atoms with van der Waals surface area (Å²) in [7, 11) is -1.39. The average molecular weight is 250 g/mol. The molecular formula is C12H14O2SSi. The zero-order chi connectivity index (χ0) is 11.9. The van der Waals surface area contributed by atoms with Gasteiger partial charge in [0.2, 0.25) is 0 Å². The van der Waals surface area contributed by atoms with Crippen LogP contribution in [-0.4, -0.2) is 19.1 Å². The molecule has 0 aliphatic heterocycles. The van der Waals surface area contributed by atoms with Gasteiger partial charge in [-0.2, -0.15) is 0 Å². The van der Waals surface area contributed by atoms with Crippen LogP contribution in [0.1, 0.15) is 10.4 Å². The third-order valence-corrected chi connectivity index (χ3v) is 5.83. The molecule has 2 nitrogen and oxygen atoms in total. The number of benzene rings is 1. The van der Waals surface area contributed by atoms with Crippen LogP contribution in [-0.2, 0) is 0 Å². The maximum atomic E-state index is 10.9. The summed E-state index contributed by atoms with van der Waals surface area (Å²) in [5.74, 6) is -0.852. The van der Waals surface area contributed by atoms with Crippen molar-refractivity contribution in [3.63, 3.8) is 0 Å². The molecule has 1 aromatic heterocycles. The molecule has 0 spiro atoms. The molecule has 0 fully saturated rings. The highest BCUT2D eigenvalue weighted by Gasteiger charge is 2.21. The molecular weight excluding hydrogens is 236 g/mol. The minimum Gasteiger partial charge on any atom is -0.478 e. The predicted octanol–water partition coefficient (Wildman–Crippen LogP) is 3.14. The van der Waals surface area contributed by atoms with E-state index < -0.39 is 14.0 Å². The van der Waals surface area contributed by atoms with E-state index in [1.54, 1.807) is 17.4 Å². The van der Waals surface area contributed by atoms with E-state index in [0.29, 0.717) is 5.56 Å². The molecule has 0 saturated carbocycles. The van der Waals surface area contributed by atoms with Gasteiger partial charge >= 0.3 is 5.97 Å². The van der Waals surface area contributed by atoms with Crippen LogP contribution in [0.25, 0.3) is 10.1 Å². The number of carboxylic acids is 1. The van der Waals surface area contributed by atoms with Gasteiger partial charge in [0, 0.05) is 4.70 Å². The minimum atomic E-state index is -1.39. The average Bonchev–Trinajstić information content (AvgIpc) is 2.58. The van der Waals surface area contributed by atoms with Gasteiger partial charge in [0.15, 0.2) is 0 Å². The Bertz CT molecular complexity index is 552. The molecule has 2 rings (SSSR count). The van der Waals surface area contributed by atoms with Crippen LogP contribution in [0.5, 0.6) is 0 Å². The topological polar surface area (TPSA) is 37.3 Å². The third-order valence-electron chi connectivity index (χ3n) is 2.63. The second-order valence-corrected chi connectivity index (χ2v) is 10.9. The Morgan fingerprint density at radius 3 is 2.56 bits per heavy atom. The summed E-state index contributed by atoms with van der Waals surface area (Å²) in [6.45, 7) is 6.84. The Morgan fingerprint density at radius 1 is 1.31 bits per heavy atom. The van der Waals surface area contributed by atoms with E-state index in [4.69, 9.17) is 5.11 Å². The van der Waals surface area contributed by atoms with Crippen molar-refractivity contribution in [3.8, 4) is 0 Å². The highest BCUT2D eigenvalue weighted by Crippen LogP contribution is 2.23. The Morgan fingerprint density at radius 2 is 2.00 bits per heavy atom. The molecule has 2 aromatic rings. The first kappa shape index (κ1) is 11.4. The number of thiophene rings is 1. The number of rotatable bonds is 2. The number of carbonyl (C=O) groups is 1. The van der Waals surface area contributed by atoms with Gasteiger partial charge in [-0.15, -0.1) is 11.3 Å². The maximum Gasteiger partial charge on any atom is 0.335 e. The van der Waals surface area contributed by atoms with E-state index in [2.05, 4.69) is 25.0 Å². The van der Waals surface area contributed by atoms with E-state index >= 15 is 0 Å². The van der Waals surface area contributed by atoms with E-state index in [0.717, 1.165) is 5.39 Å². The molecule has 16 heavy (non-hydrogen) atoms. The van der Waals surface area contributed by atoms with Gasteiger partial charge in [-0.05, 0) is 34.2 Å². The van der Waals surface area contributed by atoms with Gasteiger partial charge in [-0.3, -0.25) is 0 Å². The molecule has 0 aliphatic rings. The van der Waals surface area contributed by atoms with E-state index in [1.807, 2.05) is 12.1 Å². The third kappa shape index (κ3) is 1.90. The number of hydrogen-bond donors (Lipinski definition) is 1. The lowest BCUT2D eigenvalue weighted by Crippen LogP contribution is -2.36. The van der Waals surface area contributed by atoms with Crippen LogP contribution in [0.4, 0.5) is 0 Å². The highest BCUT2D eigenvalue weighted by molar-refractivity contribution is 7.19. The lowest BCUT2D eigenvalue weighted by atomic mass is 10.2. The van der Waals surface area contributed by atoms with Crippen LogP contribution in [0.3, 0.4) is 0 Å². The van der Waals surface area contributed by atoms with Gasteiger partial charge in [0.05, 0.1) is 13.6 Å². The molecule has 1 heterocycles. The summed E-state index contributed by atoms with van der Waals surface area (Å²) in [6, 6.07) is 5.39. The summed E-state index contributed by atoms with van der Waals surface area (Å²) in [4.78, 5) is 10.9. The Labute approximate surface area is 99.5 Å². The number of carboxylic acid groups (broad SMARTS) is 1. The quantitative estimate of drug-likeness (QED) is 0.831. The molecule has 84 valence electrons. The SMILES string of the molecule is C[Si](C)(C)c1csc2ccc(C(=O)O)cc12. The van der Waals surface area contributed by atoms with Crippen molar-refractivity contribution in [2.24, 2.45) is 0 Å². The second-order valence-electron chi connectivity index (χ2n) is 4.92. The van der Waals surface area contributed by atoms with Crippen molar-refractivity contribution in [2.45, 2.75) is 19.6 Å². The number of hydrogen-bond acceptors (Lipinski definition) is 2. The highest BCUT2D eigenvalue weighted by atomic mass is 32.1. The number of aromatic carboxylic acids is 1.